The molecular formula is C19H22ClN3O2. The van der Waals surface area contributed by atoms with Crippen LogP contribution in [-0.2, 0) is 11.3 Å². The number of aliphatic carboxylic acids is 1. The summed E-state index contributed by atoms with van der Waals surface area (Å²) in [7, 11) is 0. The SMILES string of the molecule is Cc1cc(CN2CC(C)CC(C(=O)O)C2)nc(-c2ccc(Cl)cc2)n1. The van der Waals surface area contributed by atoms with Crippen LogP contribution in [0.2, 0.25) is 5.02 Å². The number of carboxylic acid groups (broad SMARTS) is 1. The van der Waals surface area contributed by atoms with Gasteiger partial charge < -0.3 is 5.11 Å². The van der Waals surface area contributed by atoms with Gasteiger partial charge in [0.25, 0.3) is 0 Å². The quantitative estimate of drug-likeness (QED) is 0.902. The molecule has 1 aromatic heterocycles. The number of halogens is 1. The van der Waals surface area contributed by atoms with Gasteiger partial charge >= 0.3 is 5.97 Å². The first-order valence-corrected chi connectivity index (χ1v) is 8.84. The zero-order valence-corrected chi connectivity index (χ0v) is 15.2. The fraction of sp³-hybridized carbons (Fsp3) is 0.421. The van der Waals surface area contributed by atoms with Crippen molar-refractivity contribution in [1.82, 2.24) is 14.9 Å². The largest absolute Gasteiger partial charge is 0.481 e. The Bertz CT molecular complexity index is 764. The monoisotopic (exact) mass is 359 g/mol. The Hall–Kier alpha value is -1.98. The number of hydrogen-bond donors (Lipinski definition) is 1. The third-order valence-corrected chi connectivity index (χ3v) is 4.73. The molecule has 1 N–H and O–H groups in total. The molecule has 2 unspecified atom stereocenters. The third kappa shape index (κ3) is 4.55. The molecule has 0 radical (unpaired) electrons. The number of aryl methyl sites for hydroxylation is 1. The summed E-state index contributed by atoms with van der Waals surface area (Å²) >= 11 is 5.95. The highest BCUT2D eigenvalue weighted by atomic mass is 35.5. The number of rotatable bonds is 4. The average molecular weight is 360 g/mol. The van der Waals surface area contributed by atoms with Gasteiger partial charge in [0.15, 0.2) is 5.82 Å². The van der Waals surface area contributed by atoms with E-state index in [1.165, 1.54) is 0 Å². The smallest absolute Gasteiger partial charge is 0.307 e. The van der Waals surface area contributed by atoms with Crippen molar-refractivity contribution >= 4 is 17.6 Å². The normalized spacial score (nSPS) is 21.2. The minimum Gasteiger partial charge on any atom is -0.481 e. The molecule has 0 bridgehead atoms. The number of likely N-dealkylation sites (tertiary alicyclic amines) is 1. The van der Waals surface area contributed by atoms with E-state index >= 15 is 0 Å². The van der Waals surface area contributed by atoms with Gasteiger partial charge in [-0.15, -0.1) is 0 Å². The topological polar surface area (TPSA) is 66.3 Å². The number of nitrogens with zero attached hydrogens (tertiary/aromatic N) is 3. The fourth-order valence-corrected chi connectivity index (χ4v) is 3.57. The molecule has 1 aliphatic heterocycles. The van der Waals surface area contributed by atoms with Gasteiger partial charge in [0.1, 0.15) is 0 Å². The lowest BCUT2D eigenvalue weighted by Crippen LogP contribution is -2.42. The van der Waals surface area contributed by atoms with E-state index in [1.807, 2.05) is 37.3 Å². The van der Waals surface area contributed by atoms with Crippen LogP contribution in [-0.4, -0.2) is 39.0 Å². The summed E-state index contributed by atoms with van der Waals surface area (Å²) in [6.45, 7) is 6.15. The third-order valence-electron chi connectivity index (χ3n) is 4.48. The summed E-state index contributed by atoms with van der Waals surface area (Å²) < 4.78 is 0. The Labute approximate surface area is 152 Å². The predicted octanol–water partition coefficient (Wildman–Crippen LogP) is 3.65. The number of piperidine rings is 1. The van der Waals surface area contributed by atoms with Crippen LogP contribution in [0.15, 0.2) is 30.3 Å². The van der Waals surface area contributed by atoms with Crippen molar-refractivity contribution in [3.05, 3.63) is 46.7 Å². The van der Waals surface area contributed by atoms with Crippen molar-refractivity contribution in [2.75, 3.05) is 13.1 Å². The van der Waals surface area contributed by atoms with Crippen LogP contribution in [0.3, 0.4) is 0 Å². The molecule has 3 rings (SSSR count). The lowest BCUT2D eigenvalue weighted by molar-refractivity contribution is -0.144. The highest BCUT2D eigenvalue weighted by Gasteiger charge is 2.29. The van der Waals surface area contributed by atoms with Gasteiger partial charge in [-0.1, -0.05) is 18.5 Å². The molecule has 1 saturated heterocycles. The molecule has 0 aliphatic carbocycles. The highest BCUT2D eigenvalue weighted by Crippen LogP contribution is 2.24. The maximum absolute atomic E-state index is 11.4. The first kappa shape index (κ1) is 17.8. The van der Waals surface area contributed by atoms with Crippen LogP contribution in [0.5, 0.6) is 0 Å². The van der Waals surface area contributed by atoms with Crippen molar-refractivity contribution < 1.29 is 9.90 Å². The molecule has 1 aromatic carbocycles. The van der Waals surface area contributed by atoms with E-state index in [9.17, 15) is 9.90 Å². The Kier molecular flexibility index (Phi) is 5.35. The zero-order chi connectivity index (χ0) is 18.0. The lowest BCUT2D eigenvalue weighted by atomic mass is 9.90. The number of benzene rings is 1. The van der Waals surface area contributed by atoms with Crippen LogP contribution in [0.4, 0.5) is 0 Å². The van der Waals surface area contributed by atoms with Crippen molar-refractivity contribution in [1.29, 1.82) is 0 Å². The van der Waals surface area contributed by atoms with Gasteiger partial charge in [-0.3, -0.25) is 9.69 Å². The second-order valence-corrected chi connectivity index (χ2v) is 7.34. The van der Waals surface area contributed by atoms with Gasteiger partial charge in [0, 0.05) is 35.9 Å². The molecule has 6 heteroatoms. The molecule has 0 saturated carbocycles. The zero-order valence-electron chi connectivity index (χ0n) is 14.4. The Morgan fingerprint density at radius 1 is 1.28 bits per heavy atom. The molecule has 0 amide bonds. The summed E-state index contributed by atoms with van der Waals surface area (Å²) in [6.07, 6.45) is 0.741. The molecule has 1 fully saturated rings. The molecule has 2 heterocycles. The van der Waals surface area contributed by atoms with Crippen LogP contribution in [0.1, 0.15) is 24.7 Å². The van der Waals surface area contributed by atoms with E-state index in [-0.39, 0.29) is 5.92 Å². The second kappa shape index (κ2) is 7.50. The van der Waals surface area contributed by atoms with Crippen LogP contribution < -0.4 is 0 Å². The predicted molar refractivity (Wildman–Crippen MR) is 97.4 cm³/mol. The second-order valence-electron chi connectivity index (χ2n) is 6.90. The Balaban J connectivity index is 1.80. The average Bonchev–Trinajstić information content (AvgIpc) is 2.54. The van der Waals surface area contributed by atoms with Crippen molar-refractivity contribution in [2.24, 2.45) is 11.8 Å². The molecule has 2 atom stereocenters. The van der Waals surface area contributed by atoms with E-state index in [2.05, 4.69) is 21.8 Å². The van der Waals surface area contributed by atoms with Crippen molar-refractivity contribution in [2.45, 2.75) is 26.8 Å². The first-order chi connectivity index (χ1) is 11.9. The number of carbonyl (C=O) groups is 1. The minimum atomic E-state index is -0.711. The van der Waals surface area contributed by atoms with Crippen LogP contribution in [0.25, 0.3) is 11.4 Å². The Morgan fingerprint density at radius 2 is 2.00 bits per heavy atom. The summed E-state index contributed by atoms with van der Waals surface area (Å²) in [5, 5.41) is 10.0. The molecule has 0 spiro atoms. The van der Waals surface area contributed by atoms with E-state index in [0.29, 0.717) is 29.9 Å². The van der Waals surface area contributed by atoms with E-state index in [1.54, 1.807) is 0 Å². The Morgan fingerprint density at radius 3 is 2.68 bits per heavy atom. The lowest BCUT2D eigenvalue weighted by Gasteiger charge is -2.34. The number of carboxylic acids is 1. The summed E-state index contributed by atoms with van der Waals surface area (Å²) in [4.78, 5) is 22.7. The van der Waals surface area contributed by atoms with Gasteiger partial charge in [0.05, 0.1) is 11.6 Å². The maximum atomic E-state index is 11.4. The van der Waals surface area contributed by atoms with Crippen LogP contribution >= 0.6 is 11.6 Å². The molecule has 2 aromatic rings. The van der Waals surface area contributed by atoms with Gasteiger partial charge in [-0.2, -0.15) is 0 Å². The molecule has 132 valence electrons. The summed E-state index contributed by atoms with van der Waals surface area (Å²) in [5.74, 6) is 0.0275. The van der Waals surface area contributed by atoms with E-state index < -0.39 is 5.97 Å². The minimum absolute atomic E-state index is 0.303. The fourth-order valence-electron chi connectivity index (χ4n) is 3.44. The summed E-state index contributed by atoms with van der Waals surface area (Å²) in [5.41, 5.74) is 2.73. The summed E-state index contributed by atoms with van der Waals surface area (Å²) in [6, 6.07) is 9.43. The van der Waals surface area contributed by atoms with Crippen molar-refractivity contribution in [3.8, 4) is 11.4 Å². The van der Waals surface area contributed by atoms with Crippen molar-refractivity contribution in [3.63, 3.8) is 0 Å². The maximum Gasteiger partial charge on any atom is 0.307 e. The molecule has 5 nitrogen and oxygen atoms in total. The van der Waals surface area contributed by atoms with E-state index in [4.69, 9.17) is 11.6 Å². The molecule has 1 aliphatic rings. The molecule has 25 heavy (non-hydrogen) atoms. The number of hydrogen-bond acceptors (Lipinski definition) is 4. The highest BCUT2D eigenvalue weighted by molar-refractivity contribution is 6.30. The molecular weight excluding hydrogens is 338 g/mol. The van der Waals surface area contributed by atoms with Gasteiger partial charge in [-0.25, -0.2) is 9.97 Å². The van der Waals surface area contributed by atoms with Gasteiger partial charge in [-0.05, 0) is 49.6 Å². The first-order valence-electron chi connectivity index (χ1n) is 8.46. The standard InChI is InChI=1S/C19H22ClN3O2/c1-12-7-15(19(24)25)10-23(9-12)11-17-8-13(2)21-18(22-17)14-3-5-16(20)6-4-14/h3-6,8,12,15H,7,9-11H2,1-2H3,(H,24,25). The van der Waals surface area contributed by atoms with Gasteiger partial charge in [0.2, 0.25) is 0 Å². The number of aromatic nitrogens is 2. The van der Waals surface area contributed by atoms with E-state index in [0.717, 1.165) is 29.9 Å². The van der Waals surface area contributed by atoms with Crippen LogP contribution in [0, 0.1) is 18.8 Å².